The molecule has 0 radical (unpaired) electrons. The van der Waals surface area contributed by atoms with Crippen LogP contribution < -0.4 is 10.6 Å². The molecule has 0 aliphatic heterocycles. The average Bonchev–Trinajstić information content (AvgIpc) is 2.61. The summed E-state index contributed by atoms with van der Waals surface area (Å²) in [4.78, 5) is 36.0. The van der Waals surface area contributed by atoms with Crippen molar-refractivity contribution in [2.75, 3.05) is 7.05 Å². The Morgan fingerprint density at radius 3 is 2.16 bits per heavy atom. The maximum absolute atomic E-state index is 12.9. The smallest absolute Gasteiger partial charge is 0.251 e. The lowest BCUT2D eigenvalue weighted by molar-refractivity contribution is 0.0917. The summed E-state index contributed by atoms with van der Waals surface area (Å²) in [6.07, 6.45) is 0.0898. The van der Waals surface area contributed by atoms with Gasteiger partial charge in [0.05, 0.1) is 0 Å². The molecule has 5 nitrogen and oxygen atoms in total. The zero-order valence-corrected chi connectivity index (χ0v) is 14.0. The summed E-state index contributed by atoms with van der Waals surface area (Å²) in [5.41, 5.74) is 1.11. The SMILES string of the molecule is CNC(=O)c1cccc(C(=O)N[C@@H](C)CC(=O)c2ccc(F)cc2)c1. The van der Waals surface area contributed by atoms with Gasteiger partial charge in [-0.3, -0.25) is 14.4 Å². The van der Waals surface area contributed by atoms with E-state index in [1.807, 2.05) is 0 Å². The zero-order chi connectivity index (χ0) is 18.4. The topological polar surface area (TPSA) is 75.3 Å². The number of nitrogens with one attached hydrogen (secondary N) is 2. The zero-order valence-electron chi connectivity index (χ0n) is 14.0. The predicted octanol–water partition coefficient (Wildman–Crippen LogP) is 2.58. The Bertz CT molecular complexity index is 788. The third kappa shape index (κ3) is 4.97. The molecule has 0 saturated heterocycles. The molecule has 2 rings (SSSR count). The number of Topliss-reactive ketones (excluding diaryl/α,β-unsaturated/α-hetero) is 1. The summed E-state index contributed by atoms with van der Waals surface area (Å²) in [6.45, 7) is 1.71. The lowest BCUT2D eigenvalue weighted by atomic mass is 10.0. The largest absolute Gasteiger partial charge is 0.355 e. The van der Waals surface area contributed by atoms with Gasteiger partial charge in [0, 0.05) is 36.2 Å². The summed E-state index contributed by atoms with van der Waals surface area (Å²) in [6, 6.07) is 11.2. The molecule has 130 valence electrons. The minimum absolute atomic E-state index is 0.0898. The van der Waals surface area contributed by atoms with Gasteiger partial charge < -0.3 is 10.6 Å². The van der Waals surface area contributed by atoms with Gasteiger partial charge in [0.15, 0.2) is 5.78 Å². The van der Waals surface area contributed by atoms with E-state index in [2.05, 4.69) is 10.6 Å². The summed E-state index contributed by atoms with van der Waals surface area (Å²) < 4.78 is 12.9. The second kappa shape index (κ2) is 8.19. The van der Waals surface area contributed by atoms with Crippen LogP contribution in [0.15, 0.2) is 48.5 Å². The number of halogens is 1. The van der Waals surface area contributed by atoms with E-state index in [0.717, 1.165) is 0 Å². The van der Waals surface area contributed by atoms with Gasteiger partial charge in [-0.15, -0.1) is 0 Å². The molecule has 2 aromatic carbocycles. The molecule has 2 amide bonds. The Kier molecular flexibility index (Phi) is 6.00. The molecule has 1 atom stereocenters. The van der Waals surface area contributed by atoms with Gasteiger partial charge in [-0.1, -0.05) is 6.07 Å². The fourth-order valence-electron chi connectivity index (χ4n) is 2.34. The van der Waals surface area contributed by atoms with E-state index in [4.69, 9.17) is 0 Å². The van der Waals surface area contributed by atoms with Crippen LogP contribution in [-0.2, 0) is 0 Å². The Morgan fingerprint density at radius 2 is 1.56 bits per heavy atom. The first-order chi connectivity index (χ1) is 11.9. The molecule has 0 spiro atoms. The standard InChI is InChI=1S/C19H19FN2O3/c1-12(10-17(23)13-6-8-16(20)9-7-13)22-19(25)15-5-3-4-14(11-15)18(24)21-2/h3-9,11-12H,10H2,1-2H3,(H,21,24)(H,22,25)/t12-/m0/s1. The van der Waals surface area contributed by atoms with Crippen molar-refractivity contribution < 1.29 is 18.8 Å². The molecule has 0 bridgehead atoms. The van der Waals surface area contributed by atoms with Gasteiger partial charge >= 0.3 is 0 Å². The van der Waals surface area contributed by atoms with Crippen molar-refractivity contribution >= 4 is 17.6 Å². The normalized spacial score (nSPS) is 11.5. The van der Waals surface area contributed by atoms with Gasteiger partial charge in [-0.2, -0.15) is 0 Å². The molecular formula is C19H19FN2O3. The highest BCUT2D eigenvalue weighted by molar-refractivity contribution is 6.00. The number of amides is 2. The maximum atomic E-state index is 12.9. The highest BCUT2D eigenvalue weighted by Gasteiger charge is 2.15. The molecule has 0 saturated carbocycles. The number of carbonyl (C=O) groups excluding carboxylic acids is 3. The van der Waals surface area contributed by atoms with Crippen LogP contribution in [0.2, 0.25) is 0 Å². The minimum Gasteiger partial charge on any atom is -0.355 e. The van der Waals surface area contributed by atoms with Gasteiger partial charge in [-0.25, -0.2) is 4.39 Å². The lowest BCUT2D eigenvalue weighted by Crippen LogP contribution is -2.34. The molecule has 0 fully saturated rings. The van der Waals surface area contributed by atoms with Crippen LogP contribution in [0, 0.1) is 5.82 Å². The van der Waals surface area contributed by atoms with Crippen molar-refractivity contribution in [3.8, 4) is 0 Å². The summed E-state index contributed by atoms with van der Waals surface area (Å²) in [5, 5.41) is 5.22. The van der Waals surface area contributed by atoms with E-state index in [0.29, 0.717) is 16.7 Å². The van der Waals surface area contributed by atoms with Crippen LogP contribution in [-0.4, -0.2) is 30.7 Å². The van der Waals surface area contributed by atoms with Crippen molar-refractivity contribution in [2.45, 2.75) is 19.4 Å². The van der Waals surface area contributed by atoms with Crippen molar-refractivity contribution in [1.82, 2.24) is 10.6 Å². The molecule has 0 heterocycles. The van der Waals surface area contributed by atoms with Crippen LogP contribution in [0.25, 0.3) is 0 Å². The lowest BCUT2D eigenvalue weighted by Gasteiger charge is -2.14. The number of hydrogen-bond acceptors (Lipinski definition) is 3. The number of ketones is 1. The van der Waals surface area contributed by atoms with Crippen LogP contribution >= 0.6 is 0 Å². The molecule has 0 unspecified atom stereocenters. The Morgan fingerprint density at radius 1 is 0.960 bits per heavy atom. The number of hydrogen-bond donors (Lipinski definition) is 2. The van der Waals surface area contributed by atoms with Gasteiger partial charge in [0.1, 0.15) is 5.82 Å². The van der Waals surface area contributed by atoms with Gasteiger partial charge in [0.2, 0.25) is 0 Å². The third-order valence-corrected chi connectivity index (χ3v) is 3.65. The molecule has 0 aromatic heterocycles. The van der Waals surface area contributed by atoms with E-state index >= 15 is 0 Å². The van der Waals surface area contributed by atoms with E-state index in [9.17, 15) is 18.8 Å². The van der Waals surface area contributed by atoms with Gasteiger partial charge in [-0.05, 0) is 49.4 Å². The fourth-order valence-corrected chi connectivity index (χ4v) is 2.34. The molecule has 0 aliphatic carbocycles. The Hall–Kier alpha value is -3.02. The second-order valence-electron chi connectivity index (χ2n) is 5.67. The molecule has 6 heteroatoms. The average molecular weight is 342 g/mol. The van der Waals surface area contributed by atoms with Crippen molar-refractivity contribution in [2.24, 2.45) is 0 Å². The molecule has 25 heavy (non-hydrogen) atoms. The predicted molar refractivity (Wildman–Crippen MR) is 92.1 cm³/mol. The maximum Gasteiger partial charge on any atom is 0.251 e. The summed E-state index contributed by atoms with van der Waals surface area (Å²) in [5.74, 6) is -1.25. The van der Waals surface area contributed by atoms with Crippen LogP contribution in [0.5, 0.6) is 0 Å². The first-order valence-electron chi connectivity index (χ1n) is 7.82. The van der Waals surface area contributed by atoms with Crippen LogP contribution in [0.4, 0.5) is 4.39 Å². The van der Waals surface area contributed by atoms with E-state index in [-0.39, 0.29) is 24.0 Å². The van der Waals surface area contributed by atoms with E-state index in [1.54, 1.807) is 25.1 Å². The minimum atomic E-state index is -0.409. The fraction of sp³-hybridized carbons (Fsp3) is 0.211. The highest BCUT2D eigenvalue weighted by atomic mass is 19.1. The van der Waals surface area contributed by atoms with Crippen LogP contribution in [0.3, 0.4) is 0 Å². The first-order valence-corrected chi connectivity index (χ1v) is 7.82. The van der Waals surface area contributed by atoms with Gasteiger partial charge in [0.25, 0.3) is 11.8 Å². The Labute approximate surface area is 145 Å². The number of benzene rings is 2. The Balaban J connectivity index is 1.99. The highest BCUT2D eigenvalue weighted by Crippen LogP contribution is 2.09. The third-order valence-electron chi connectivity index (χ3n) is 3.65. The van der Waals surface area contributed by atoms with Crippen LogP contribution in [0.1, 0.15) is 44.4 Å². The quantitative estimate of drug-likeness (QED) is 0.792. The van der Waals surface area contributed by atoms with Crippen molar-refractivity contribution in [1.29, 1.82) is 0 Å². The summed E-state index contributed by atoms with van der Waals surface area (Å²) >= 11 is 0. The van der Waals surface area contributed by atoms with E-state index < -0.39 is 11.9 Å². The second-order valence-corrected chi connectivity index (χ2v) is 5.67. The molecule has 2 aromatic rings. The molecular weight excluding hydrogens is 323 g/mol. The number of carbonyl (C=O) groups is 3. The summed E-state index contributed by atoms with van der Waals surface area (Å²) in [7, 11) is 1.51. The molecule has 0 aliphatic rings. The van der Waals surface area contributed by atoms with Crippen molar-refractivity contribution in [3.63, 3.8) is 0 Å². The monoisotopic (exact) mass is 342 g/mol. The number of rotatable bonds is 6. The first kappa shape index (κ1) is 18.3. The molecule has 2 N–H and O–H groups in total. The van der Waals surface area contributed by atoms with E-state index in [1.165, 1.54) is 37.4 Å². The van der Waals surface area contributed by atoms with Crippen molar-refractivity contribution in [3.05, 3.63) is 71.0 Å².